The van der Waals surface area contributed by atoms with Gasteiger partial charge in [0.2, 0.25) is 11.8 Å². The zero-order valence-corrected chi connectivity index (χ0v) is 12.0. The monoisotopic (exact) mass is 278 g/mol. The molecule has 3 heterocycles. The number of aryl methyl sites for hydroxylation is 1. The maximum atomic E-state index is 12.4. The highest BCUT2D eigenvalue weighted by Gasteiger charge is 2.31. The highest BCUT2D eigenvalue weighted by atomic mass is 16.5. The van der Waals surface area contributed by atoms with E-state index in [0.29, 0.717) is 17.6 Å². The third-order valence-electron chi connectivity index (χ3n) is 4.35. The van der Waals surface area contributed by atoms with Gasteiger partial charge in [-0.15, -0.1) is 0 Å². The molecule has 20 heavy (non-hydrogen) atoms. The number of piperidine rings is 2. The van der Waals surface area contributed by atoms with Gasteiger partial charge in [-0.3, -0.25) is 4.79 Å². The minimum absolute atomic E-state index is 0.172. The zero-order chi connectivity index (χ0) is 13.9. The SMILES string of the molecule is Cc1noc(C2CCN(C(=O)C3CCCNC3)CC2)n1. The molecule has 6 nitrogen and oxygen atoms in total. The van der Waals surface area contributed by atoms with Crippen molar-refractivity contribution in [2.24, 2.45) is 5.92 Å². The Kier molecular flexibility index (Phi) is 4.00. The number of carbonyl (C=O) groups is 1. The molecule has 1 aromatic heterocycles. The molecular weight excluding hydrogens is 256 g/mol. The molecule has 0 radical (unpaired) electrons. The maximum Gasteiger partial charge on any atom is 0.229 e. The van der Waals surface area contributed by atoms with E-state index in [4.69, 9.17) is 4.52 Å². The number of rotatable bonds is 2. The van der Waals surface area contributed by atoms with E-state index in [9.17, 15) is 4.79 Å². The van der Waals surface area contributed by atoms with Crippen LogP contribution >= 0.6 is 0 Å². The Hall–Kier alpha value is -1.43. The fraction of sp³-hybridized carbons (Fsp3) is 0.786. The van der Waals surface area contributed by atoms with Crippen molar-refractivity contribution in [1.82, 2.24) is 20.4 Å². The van der Waals surface area contributed by atoms with Crippen LogP contribution in [-0.2, 0) is 4.79 Å². The number of nitrogens with one attached hydrogen (secondary N) is 1. The van der Waals surface area contributed by atoms with E-state index in [2.05, 4.69) is 15.5 Å². The van der Waals surface area contributed by atoms with Gasteiger partial charge in [-0.1, -0.05) is 5.16 Å². The Labute approximate surface area is 118 Å². The molecule has 6 heteroatoms. The van der Waals surface area contributed by atoms with Crippen molar-refractivity contribution in [1.29, 1.82) is 0 Å². The quantitative estimate of drug-likeness (QED) is 0.876. The molecule has 0 saturated carbocycles. The summed E-state index contributed by atoms with van der Waals surface area (Å²) in [6.07, 6.45) is 3.98. The Morgan fingerprint density at radius 3 is 2.75 bits per heavy atom. The van der Waals surface area contributed by atoms with Crippen LogP contribution < -0.4 is 5.32 Å². The molecular formula is C14H22N4O2. The first-order chi connectivity index (χ1) is 9.74. The second kappa shape index (κ2) is 5.91. The van der Waals surface area contributed by atoms with Gasteiger partial charge in [0.1, 0.15) is 0 Å². The minimum atomic E-state index is 0.172. The number of amides is 1. The lowest BCUT2D eigenvalue weighted by Crippen LogP contribution is -2.45. The van der Waals surface area contributed by atoms with Crippen molar-refractivity contribution < 1.29 is 9.32 Å². The largest absolute Gasteiger partial charge is 0.342 e. The predicted octanol–water partition coefficient (Wildman–Crippen LogP) is 1.08. The van der Waals surface area contributed by atoms with E-state index >= 15 is 0 Å². The van der Waals surface area contributed by atoms with Crippen LogP contribution in [0.4, 0.5) is 0 Å². The van der Waals surface area contributed by atoms with Crippen LogP contribution in [0.15, 0.2) is 4.52 Å². The first-order valence-corrected chi connectivity index (χ1v) is 7.54. The number of hydrogen-bond donors (Lipinski definition) is 1. The lowest BCUT2D eigenvalue weighted by Gasteiger charge is -2.34. The predicted molar refractivity (Wildman–Crippen MR) is 73.2 cm³/mol. The van der Waals surface area contributed by atoms with Crippen molar-refractivity contribution in [3.05, 3.63) is 11.7 Å². The standard InChI is InChI=1S/C14H22N4O2/c1-10-16-13(20-17-10)11-4-7-18(8-5-11)14(19)12-3-2-6-15-9-12/h11-12,15H,2-9H2,1H3. The van der Waals surface area contributed by atoms with Crippen LogP contribution in [0.25, 0.3) is 0 Å². The highest BCUT2D eigenvalue weighted by Crippen LogP contribution is 2.28. The fourth-order valence-electron chi connectivity index (χ4n) is 3.15. The summed E-state index contributed by atoms with van der Waals surface area (Å²) in [4.78, 5) is 18.7. The Balaban J connectivity index is 1.54. The van der Waals surface area contributed by atoms with Crippen molar-refractivity contribution >= 4 is 5.91 Å². The Morgan fingerprint density at radius 1 is 1.35 bits per heavy atom. The molecule has 3 rings (SSSR count). The van der Waals surface area contributed by atoms with Gasteiger partial charge < -0.3 is 14.7 Å². The van der Waals surface area contributed by atoms with Gasteiger partial charge in [-0.2, -0.15) is 4.98 Å². The van der Waals surface area contributed by atoms with Crippen molar-refractivity contribution in [3.63, 3.8) is 0 Å². The Morgan fingerprint density at radius 2 is 2.15 bits per heavy atom. The topological polar surface area (TPSA) is 71.3 Å². The van der Waals surface area contributed by atoms with Crippen LogP contribution in [0.2, 0.25) is 0 Å². The molecule has 2 saturated heterocycles. The summed E-state index contributed by atoms with van der Waals surface area (Å²) in [6.45, 7) is 5.33. The van der Waals surface area contributed by atoms with Crippen molar-refractivity contribution in [3.8, 4) is 0 Å². The molecule has 1 amide bonds. The number of likely N-dealkylation sites (tertiary alicyclic amines) is 1. The summed E-state index contributed by atoms with van der Waals surface area (Å²) in [5, 5.41) is 7.16. The normalized spacial score (nSPS) is 24.9. The summed E-state index contributed by atoms with van der Waals surface area (Å²) in [7, 11) is 0. The summed E-state index contributed by atoms with van der Waals surface area (Å²) in [5.41, 5.74) is 0. The van der Waals surface area contributed by atoms with E-state index in [1.807, 2.05) is 11.8 Å². The van der Waals surface area contributed by atoms with Crippen LogP contribution in [0.5, 0.6) is 0 Å². The number of aromatic nitrogens is 2. The molecule has 0 aromatic carbocycles. The van der Waals surface area contributed by atoms with E-state index in [1.165, 1.54) is 0 Å². The van der Waals surface area contributed by atoms with Crippen molar-refractivity contribution in [2.45, 2.75) is 38.5 Å². The number of hydrogen-bond acceptors (Lipinski definition) is 5. The van der Waals surface area contributed by atoms with Crippen LogP contribution in [0, 0.1) is 12.8 Å². The number of carbonyl (C=O) groups excluding carboxylic acids is 1. The Bertz CT molecular complexity index is 459. The highest BCUT2D eigenvalue weighted by molar-refractivity contribution is 5.79. The summed E-state index contributed by atoms with van der Waals surface area (Å²) >= 11 is 0. The van der Waals surface area contributed by atoms with Gasteiger partial charge in [0, 0.05) is 25.6 Å². The second-order valence-electron chi connectivity index (χ2n) is 5.82. The molecule has 1 aromatic rings. The van der Waals surface area contributed by atoms with Gasteiger partial charge in [0.15, 0.2) is 5.82 Å². The first-order valence-electron chi connectivity index (χ1n) is 7.54. The third kappa shape index (κ3) is 2.85. The van der Waals surface area contributed by atoms with Gasteiger partial charge in [0.25, 0.3) is 0 Å². The molecule has 0 bridgehead atoms. The molecule has 2 fully saturated rings. The molecule has 2 aliphatic heterocycles. The van der Waals surface area contributed by atoms with Gasteiger partial charge in [0.05, 0.1) is 5.92 Å². The minimum Gasteiger partial charge on any atom is -0.342 e. The second-order valence-corrected chi connectivity index (χ2v) is 5.82. The average Bonchev–Trinajstić information content (AvgIpc) is 2.94. The van der Waals surface area contributed by atoms with E-state index in [-0.39, 0.29) is 5.92 Å². The summed E-state index contributed by atoms with van der Waals surface area (Å²) < 4.78 is 5.24. The molecule has 110 valence electrons. The lowest BCUT2D eigenvalue weighted by atomic mass is 9.93. The van der Waals surface area contributed by atoms with Gasteiger partial charge in [-0.05, 0) is 39.2 Å². The molecule has 0 spiro atoms. The lowest BCUT2D eigenvalue weighted by molar-refractivity contribution is -0.137. The maximum absolute atomic E-state index is 12.4. The van der Waals surface area contributed by atoms with E-state index in [1.54, 1.807) is 0 Å². The third-order valence-corrected chi connectivity index (χ3v) is 4.35. The molecule has 2 aliphatic rings. The molecule has 1 atom stereocenters. The summed E-state index contributed by atoms with van der Waals surface area (Å²) in [5.74, 6) is 2.22. The van der Waals surface area contributed by atoms with E-state index < -0.39 is 0 Å². The first kappa shape index (κ1) is 13.5. The fourth-order valence-corrected chi connectivity index (χ4v) is 3.15. The van der Waals surface area contributed by atoms with Crippen LogP contribution in [-0.4, -0.2) is 47.1 Å². The average molecular weight is 278 g/mol. The molecule has 0 aliphatic carbocycles. The van der Waals surface area contributed by atoms with Gasteiger partial charge >= 0.3 is 0 Å². The van der Waals surface area contributed by atoms with Crippen molar-refractivity contribution in [2.75, 3.05) is 26.2 Å². The van der Waals surface area contributed by atoms with Crippen LogP contribution in [0.1, 0.15) is 43.3 Å². The van der Waals surface area contributed by atoms with Gasteiger partial charge in [-0.25, -0.2) is 0 Å². The van der Waals surface area contributed by atoms with E-state index in [0.717, 1.165) is 57.8 Å². The molecule has 1 N–H and O–H groups in total. The summed E-state index contributed by atoms with van der Waals surface area (Å²) in [6, 6.07) is 0. The number of nitrogens with zero attached hydrogens (tertiary/aromatic N) is 3. The van der Waals surface area contributed by atoms with Crippen LogP contribution in [0.3, 0.4) is 0 Å². The zero-order valence-electron chi connectivity index (χ0n) is 12.0. The molecule has 1 unspecified atom stereocenters. The smallest absolute Gasteiger partial charge is 0.229 e.